The highest BCUT2D eigenvalue weighted by molar-refractivity contribution is 5.65. The minimum atomic E-state index is -1.01. The lowest BCUT2D eigenvalue weighted by Gasteiger charge is -2.03. The largest absolute Gasteiger partial charge is 0.497 e. The number of benzene rings is 2. The van der Waals surface area contributed by atoms with E-state index in [-0.39, 0.29) is 23.5 Å². The van der Waals surface area contributed by atoms with Gasteiger partial charge in [0, 0.05) is 17.7 Å². The summed E-state index contributed by atoms with van der Waals surface area (Å²) in [6.07, 6.45) is 3.06. The van der Waals surface area contributed by atoms with E-state index in [9.17, 15) is 13.2 Å². The van der Waals surface area contributed by atoms with Crippen LogP contribution >= 0.6 is 0 Å². The molecule has 0 fully saturated rings. The third-order valence-electron chi connectivity index (χ3n) is 4.84. The number of nitrogens with zero attached hydrogens (tertiary/aromatic N) is 5. The third kappa shape index (κ3) is 3.55. The number of fused-ring (bicyclic) bond motifs is 1. The quantitative estimate of drug-likeness (QED) is 0.401. The van der Waals surface area contributed by atoms with Gasteiger partial charge in [-0.05, 0) is 24.3 Å². The number of ether oxygens (including phenoxy) is 1. The molecule has 2 aliphatic heterocycles. The Kier molecular flexibility index (Phi) is 4.81. The molecule has 1 aromatic heterocycles. The molecule has 0 unspecified atom stereocenters. The van der Waals surface area contributed by atoms with Crippen LogP contribution in [0, 0.1) is 17.5 Å². The first-order chi connectivity index (χ1) is 15.5. The molecule has 0 atom stereocenters. The van der Waals surface area contributed by atoms with Crippen LogP contribution in [0.15, 0.2) is 59.4 Å². The van der Waals surface area contributed by atoms with Crippen LogP contribution in [0.2, 0.25) is 0 Å². The summed E-state index contributed by atoms with van der Waals surface area (Å²) in [5.41, 5.74) is 1.45. The van der Waals surface area contributed by atoms with Gasteiger partial charge in [-0.2, -0.15) is 5.10 Å². The predicted octanol–water partition coefficient (Wildman–Crippen LogP) is 4.57. The second-order valence-corrected chi connectivity index (χ2v) is 6.91. The van der Waals surface area contributed by atoms with E-state index in [4.69, 9.17) is 9.26 Å². The summed E-state index contributed by atoms with van der Waals surface area (Å²) in [6, 6.07) is 9.88. The van der Waals surface area contributed by atoms with Crippen molar-refractivity contribution < 1.29 is 22.4 Å². The fourth-order valence-corrected chi connectivity index (χ4v) is 3.25. The van der Waals surface area contributed by atoms with Crippen molar-refractivity contribution in [2.45, 2.75) is 6.54 Å². The number of hydrogen-bond donors (Lipinski definition) is 0. The number of methoxy groups -OCH3 is 1. The minimum absolute atomic E-state index is 0.0332. The number of aromatic nitrogens is 5. The summed E-state index contributed by atoms with van der Waals surface area (Å²) in [7, 11) is 1.46. The fraction of sp³-hybridized carbons (Fsp3) is 0.0909. The molecule has 7 nitrogen and oxygen atoms in total. The van der Waals surface area contributed by atoms with Gasteiger partial charge in [0.2, 0.25) is 0 Å². The Balaban J connectivity index is 1.41. The normalized spacial score (nSPS) is 11.2. The fourth-order valence-electron chi connectivity index (χ4n) is 3.25. The average molecular weight is 437 g/mol. The van der Waals surface area contributed by atoms with Gasteiger partial charge < -0.3 is 9.26 Å². The van der Waals surface area contributed by atoms with E-state index in [2.05, 4.69) is 20.2 Å². The molecule has 0 radical (unpaired) electrons. The van der Waals surface area contributed by atoms with E-state index in [0.29, 0.717) is 28.6 Å². The maximum atomic E-state index is 14.3. The third-order valence-corrected chi connectivity index (χ3v) is 4.84. The van der Waals surface area contributed by atoms with Crippen molar-refractivity contribution in [1.82, 2.24) is 24.9 Å². The molecule has 0 aliphatic carbocycles. The Morgan fingerprint density at radius 1 is 0.938 bits per heavy atom. The lowest BCUT2D eigenvalue weighted by molar-refractivity contribution is 0.372. The van der Waals surface area contributed by atoms with Gasteiger partial charge in [0.1, 0.15) is 35.2 Å². The Morgan fingerprint density at radius 2 is 1.78 bits per heavy atom. The van der Waals surface area contributed by atoms with Crippen LogP contribution in [0.4, 0.5) is 13.2 Å². The van der Waals surface area contributed by atoms with Crippen LogP contribution in [-0.2, 0) is 6.54 Å². The molecule has 10 heteroatoms. The number of imidazole rings is 1. The maximum absolute atomic E-state index is 14.3. The second kappa shape index (κ2) is 7.80. The van der Waals surface area contributed by atoms with E-state index < -0.39 is 17.5 Å². The first kappa shape index (κ1) is 19.7. The van der Waals surface area contributed by atoms with Crippen molar-refractivity contribution in [3.05, 3.63) is 78.1 Å². The summed E-state index contributed by atoms with van der Waals surface area (Å²) in [5.74, 6) is -1.57. The van der Waals surface area contributed by atoms with E-state index in [1.807, 2.05) is 0 Å². The summed E-state index contributed by atoms with van der Waals surface area (Å²) in [5, 5.41) is 8.16. The molecule has 0 N–H and O–H groups in total. The first-order valence-corrected chi connectivity index (χ1v) is 9.46. The Morgan fingerprint density at radius 3 is 2.59 bits per heavy atom. The van der Waals surface area contributed by atoms with E-state index >= 15 is 0 Å². The van der Waals surface area contributed by atoms with Gasteiger partial charge in [0.15, 0.2) is 23.2 Å². The topological polar surface area (TPSA) is 78.9 Å². The SMILES string of the molecule is COc1ccc(-c2cc(Cn3cc4nc(-c5cccc(F)c5F)nc-4cn3)on2)c(F)c1. The molecule has 3 heterocycles. The zero-order chi connectivity index (χ0) is 22.2. The smallest absolute Gasteiger partial charge is 0.169 e. The van der Waals surface area contributed by atoms with Crippen molar-refractivity contribution in [1.29, 1.82) is 0 Å². The standard InChI is InChI=1S/C22H14F3N5O2/c1-31-12-5-6-14(17(24)7-12)18-8-13(32-29-18)10-30-11-20-19(9-26-30)27-22(28-20)15-3-2-4-16(23)21(15)25/h2-9,11H,10H2,1H3. The molecule has 0 amide bonds. The van der Waals surface area contributed by atoms with Gasteiger partial charge >= 0.3 is 0 Å². The van der Waals surface area contributed by atoms with Crippen molar-refractivity contribution >= 4 is 0 Å². The molecule has 3 aromatic rings. The van der Waals surface area contributed by atoms with Crippen LogP contribution in [0.25, 0.3) is 34.0 Å². The Labute approximate surface area is 179 Å². The molecule has 0 saturated heterocycles. The van der Waals surface area contributed by atoms with Gasteiger partial charge in [0.05, 0.1) is 25.1 Å². The highest BCUT2D eigenvalue weighted by Gasteiger charge is 2.19. The molecule has 2 aromatic carbocycles. The van der Waals surface area contributed by atoms with Crippen molar-refractivity contribution in [2.75, 3.05) is 7.11 Å². The van der Waals surface area contributed by atoms with Crippen molar-refractivity contribution in [3.8, 4) is 39.8 Å². The highest BCUT2D eigenvalue weighted by atomic mass is 19.2. The van der Waals surface area contributed by atoms with Crippen LogP contribution in [0.1, 0.15) is 5.76 Å². The van der Waals surface area contributed by atoms with Gasteiger partial charge in [-0.25, -0.2) is 23.1 Å². The predicted molar refractivity (Wildman–Crippen MR) is 107 cm³/mol. The van der Waals surface area contributed by atoms with Crippen LogP contribution in [0.5, 0.6) is 5.75 Å². The van der Waals surface area contributed by atoms with Gasteiger partial charge in [-0.1, -0.05) is 11.2 Å². The molecular formula is C22H14F3N5O2. The minimum Gasteiger partial charge on any atom is -0.497 e. The first-order valence-electron chi connectivity index (χ1n) is 9.46. The van der Waals surface area contributed by atoms with Gasteiger partial charge in [-0.15, -0.1) is 0 Å². The zero-order valence-corrected chi connectivity index (χ0v) is 16.6. The number of rotatable bonds is 5. The van der Waals surface area contributed by atoms with Crippen LogP contribution < -0.4 is 4.74 Å². The van der Waals surface area contributed by atoms with E-state index in [1.54, 1.807) is 24.4 Å². The second-order valence-electron chi connectivity index (χ2n) is 6.91. The molecule has 2 aliphatic rings. The molecular weight excluding hydrogens is 423 g/mol. The summed E-state index contributed by atoms with van der Waals surface area (Å²) in [6.45, 7) is 0.192. The Bertz CT molecular complexity index is 1400. The molecule has 32 heavy (non-hydrogen) atoms. The van der Waals surface area contributed by atoms with Crippen LogP contribution in [0.3, 0.4) is 0 Å². The summed E-state index contributed by atoms with van der Waals surface area (Å²) >= 11 is 0. The van der Waals surface area contributed by atoms with Gasteiger partial charge in [-0.3, -0.25) is 4.68 Å². The average Bonchev–Trinajstić information content (AvgIpc) is 3.42. The van der Waals surface area contributed by atoms with E-state index in [0.717, 1.165) is 6.07 Å². The molecule has 0 spiro atoms. The summed E-state index contributed by atoms with van der Waals surface area (Å²) in [4.78, 5) is 8.50. The Hall–Kier alpha value is -4.21. The number of hydrogen-bond acceptors (Lipinski definition) is 6. The van der Waals surface area contributed by atoms with E-state index in [1.165, 1.54) is 36.2 Å². The zero-order valence-electron chi connectivity index (χ0n) is 16.6. The molecule has 0 saturated carbocycles. The summed E-state index contributed by atoms with van der Waals surface area (Å²) < 4.78 is 53.7. The van der Waals surface area contributed by atoms with Crippen molar-refractivity contribution in [2.24, 2.45) is 0 Å². The molecule has 160 valence electrons. The van der Waals surface area contributed by atoms with Crippen LogP contribution in [-0.4, -0.2) is 32.0 Å². The molecule has 0 bridgehead atoms. The van der Waals surface area contributed by atoms with Gasteiger partial charge in [0.25, 0.3) is 0 Å². The monoisotopic (exact) mass is 437 g/mol. The number of halogens is 3. The lowest BCUT2D eigenvalue weighted by atomic mass is 10.1. The highest BCUT2D eigenvalue weighted by Crippen LogP contribution is 2.28. The van der Waals surface area contributed by atoms with Crippen molar-refractivity contribution in [3.63, 3.8) is 0 Å². The maximum Gasteiger partial charge on any atom is 0.169 e. The lowest BCUT2D eigenvalue weighted by Crippen LogP contribution is -2.04. The molecule has 5 rings (SSSR count).